The molecule has 0 saturated heterocycles. The largest absolute Gasteiger partial charge is 0.352 e. The Morgan fingerprint density at radius 3 is 2.08 bits per heavy atom. The number of para-hydroxylation sites is 1. The molecule has 7 nitrogen and oxygen atoms in total. The fourth-order valence-electron chi connectivity index (χ4n) is 4.03. The maximum atomic E-state index is 14.9. The number of carbonyl (C=O) groups excluding carboxylic acids is 2. The van der Waals surface area contributed by atoms with Gasteiger partial charge in [0, 0.05) is 12.6 Å². The second-order valence-electron chi connectivity index (χ2n) is 9.17. The number of hydrogen-bond acceptors (Lipinski definition) is 4. The van der Waals surface area contributed by atoms with Gasteiger partial charge in [0.05, 0.1) is 10.6 Å². The van der Waals surface area contributed by atoms with Gasteiger partial charge in [0.2, 0.25) is 11.8 Å². The van der Waals surface area contributed by atoms with Gasteiger partial charge in [-0.2, -0.15) is 0 Å². The van der Waals surface area contributed by atoms with Crippen molar-refractivity contribution in [2.24, 2.45) is 0 Å². The van der Waals surface area contributed by atoms with Gasteiger partial charge in [-0.3, -0.25) is 13.9 Å². The molecule has 0 heterocycles. The number of nitrogens with zero attached hydrogens (tertiary/aromatic N) is 2. The molecule has 3 aromatic rings. The van der Waals surface area contributed by atoms with E-state index in [-0.39, 0.29) is 29.6 Å². The highest BCUT2D eigenvalue weighted by molar-refractivity contribution is 7.92. The van der Waals surface area contributed by atoms with Crippen molar-refractivity contribution >= 4 is 27.5 Å². The van der Waals surface area contributed by atoms with Crippen molar-refractivity contribution in [3.63, 3.8) is 0 Å². The molecular weight excluding hydrogens is 524 g/mol. The van der Waals surface area contributed by atoms with E-state index in [0.717, 1.165) is 10.4 Å². The standard InChI is InChI=1S/C29H33F2N3O4S/c1-4-21(3)32-29(36)26(5-2)33(19-22-15-17-23(30)18-16-22)28(35)20-34(27-14-10-9-13-25(27)31)39(37,38)24-11-7-6-8-12-24/h6-18,21,26H,4-5,19-20H2,1-3H3,(H,32,36). The second-order valence-corrected chi connectivity index (χ2v) is 11.0. The van der Waals surface area contributed by atoms with E-state index in [0.29, 0.717) is 12.0 Å². The third-order valence-electron chi connectivity index (χ3n) is 6.38. The molecule has 0 bridgehead atoms. The molecule has 10 heteroatoms. The number of anilines is 1. The zero-order valence-electron chi connectivity index (χ0n) is 22.2. The minimum atomic E-state index is -4.36. The first kappa shape index (κ1) is 29.8. The zero-order chi connectivity index (χ0) is 28.6. The molecule has 0 spiro atoms. The van der Waals surface area contributed by atoms with E-state index in [9.17, 15) is 26.8 Å². The summed E-state index contributed by atoms with van der Waals surface area (Å²) in [6.07, 6.45) is 0.908. The monoisotopic (exact) mass is 557 g/mol. The van der Waals surface area contributed by atoms with E-state index in [2.05, 4.69) is 5.32 Å². The van der Waals surface area contributed by atoms with Gasteiger partial charge >= 0.3 is 0 Å². The average molecular weight is 558 g/mol. The summed E-state index contributed by atoms with van der Waals surface area (Å²) in [6.45, 7) is 4.65. The lowest BCUT2D eigenvalue weighted by molar-refractivity contribution is -0.140. The molecule has 3 aromatic carbocycles. The van der Waals surface area contributed by atoms with Crippen LogP contribution < -0.4 is 9.62 Å². The predicted octanol–water partition coefficient (Wildman–Crippen LogP) is 4.88. The molecule has 39 heavy (non-hydrogen) atoms. The smallest absolute Gasteiger partial charge is 0.264 e. The highest BCUT2D eigenvalue weighted by atomic mass is 32.2. The van der Waals surface area contributed by atoms with Crippen molar-refractivity contribution in [1.29, 1.82) is 0 Å². The van der Waals surface area contributed by atoms with Crippen molar-refractivity contribution in [2.75, 3.05) is 10.8 Å². The molecule has 0 radical (unpaired) electrons. The summed E-state index contributed by atoms with van der Waals surface area (Å²) in [5.41, 5.74) is 0.247. The molecule has 0 aromatic heterocycles. The van der Waals surface area contributed by atoms with Crippen molar-refractivity contribution < 1.29 is 26.8 Å². The van der Waals surface area contributed by atoms with Crippen molar-refractivity contribution in [2.45, 2.75) is 57.1 Å². The number of rotatable bonds is 12. The summed E-state index contributed by atoms with van der Waals surface area (Å²) in [4.78, 5) is 28.2. The Kier molecular flexibility index (Phi) is 10.2. The minimum absolute atomic E-state index is 0.0813. The molecule has 2 amide bonds. The predicted molar refractivity (Wildman–Crippen MR) is 146 cm³/mol. The molecule has 208 valence electrons. The Hall–Kier alpha value is -3.79. The van der Waals surface area contributed by atoms with Crippen molar-refractivity contribution in [3.8, 4) is 0 Å². The van der Waals surface area contributed by atoms with E-state index >= 15 is 0 Å². The van der Waals surface area contributed by atoms with Crippen LogP contribution in [0.1, 0.15) is 39.2 Å². The van der Waals surface area contributed by atoms with Gasteiger partial charge in [-0.15, -0.1) is 0 Å². The zero-order valence-corrected chi connectivity index (χ0v) is 23.0. The maximum absolute atomic E-state index is 14.9. The maximum Gasteiger partial charge on any atom is 0.264 e. The summed E-state index contributed by atoms with van der Waals surface area (Å²) < 4.78 is 56.5. The van der Waals surface area contributed by atoms with Crippen LogP contribution in [0.15, 0.2) is 83.8 Å². The summed E-state index contributed by atoms with van der Waals surface area (Å²) >= 11 is 0. The van der Waals surface area contributed by atoms with Crippen molar-refractivity contribution in [1.82, 2.24) is 10.2 Å². The summed E-state index contributed by atoms with van der Waals surface area (Å²) in [5, 5.41) is 2.88. The van der Waals surface area contributed by atoms with Crippen LogP contribution in [0.5, 0.6) is 0 Å². The van der Waals surface area contributed by atoms with Gasteiger partial charge in [0.1, 0.15) is 24.2 Å². The van der Waals surface area contributed by atoms with E-state index in [1.807, 2.05) is 13.8 Å². The molecule has 3 rings (SSSR count). The first-order valence-corrected chi connectivity index (χ1v) is 14.2. The Morgan fingerprint density at radius 1 is 0.872 bits per heavy atom. The van der Waals surface area contributed by atoms with E-state index in [4.69, 9.17) is 0 Å². The molecular formula is C29H33F2N3O4S. The number of halogens is 2. The van der Waals surface area contributed by atoms with Crippen LogP contribution in [-0.4, -0.2) is 43.8 Å². The molecule has 1 N–H and O–H groups in total. The van der Waals surface area contributed by atoms with Crippen LogP contribution in [0.25, 0.3) is 0 Å². The fourth-order valence-corrected chi connectivity index (χ4v) is 5.48. The molecule has 0 aliphatic heterocycles. The first-order chi connectivity index (χ1) is 18.6. The normalized spacial score (nSPS) is 12.8. The molecule has 0 aliphatic carbocycles. The lowest BCUT2D eigenvalue weighted by Crippen LogP contribution is -2.53. The van der Waals surface area contributed by atoms with E-state index in [1.54, 1.807) is 13.0 Å². The molecule has 2 unspecified atom stereocenters. The van der Waals surface area contributed by atoms with Gasteiger partial charge in [-0.25, -0.2) is 17.2 Å². The van der Waals surface area contributed by atoms with Crippen LogP contribution in [-0.2, 0) is 26.2 Å². The Bertz CT molecular complexity index is 1370. The lowest BCUT2D eigenvalue weighted by Gasteiger charge is -2.33. The van der Waals surface area contributed by atoms with Crippen molar-refractivity contribution in [3.05, 3.63) is 96.1 Å². The van der Waals surface area contributed by atoms with Gasteiger partial charge in [0.25, 0.3) is 10.0 Å². The van der Waals surface area contributed by atoms with Gasteiger partial charge in [0.15, 0.2) is 0 Å². The average Bonchev–Trinajstić information content (AvgIpc) is 2.93. The third-order valence-corrected chi connectivity index (χ3v) is 8.16. The highest BCUT2D eigenvalue weighted by Gasteiger charge is 2.34. The van der Waals surface area contributed by atoms with Crippen LogP contribution in [0.3, 0.4) is 0 Å². The van der Waals surface area contributed by atoms with Gasteiger partial charge in [-0.05, 0) is 61.7 Å². The topological polar surface area (TPSA) is 86.8 Å². The number of sulfonamides is 1. The summed E-state index contributed by atoms with van der Waals surface area (Å²) in [5.74, 6) is -2.40. The molecule has 0 aliphatic rings. The third kappa shape index (κ3) is 7.41. The summed E-state index contributed by atoms with van der Waals surface area (Å²) in [7, 11) is -4.36. The number of amides is 2. The Morgan fingerprint density at radius 2 is 1.49 bits per heavy atom. The summed E-state index contributed by atoms with van der Waals surface area (Å²) in [6, 6.07) is 17.1. The van der Waals surface area contributed by atoms with Crippen LogP contribution >= 0.6 is 0 Å². The quantitative estimate of drug-likeness (QED) is 0.344. The second kappa shape index (κ2) is 13.3. The first-order valence-electron chi connectivity index (χ1n) is 12.7. The highest BCUT2D eigenvalue weighted by Crippen LogP contribution is 2.27. The minimum Gasteiger partial charge on any atom is -0.352 e. The van der Waals surface area contributed by atoms with E-state index in [1.165, 1.54) is 71.6 Å². The van der Waals surface area contributed by atoms with Gasteiger partial charge in [-0.1, -0.05) is 56.3 Å². The fraction of sp³-hybridized carbons (Fsp3) is 0.310. The van der Waals surface area contributed by atoms with Crippen LogP contribution in [0.2, 0.25) is 0 Å². The Labute approximate surface area is 228 Å². The van der Waals surface area contributed by atoms with E-state index < -0.39 is 46.1 Å². The number of carbonyl (C=O) groups is 2. The van der Waals surface area contributed by atoms with Gasteiger partial charge < -0.3 is 10.2 Å². The number of hydrogen-bond donors (Lipinski definition) is 1. The lowest BCUT2D eigenvalue weighted by atomic mass is 10.1. The van der Waals surface area contributed by atoms with Crippen LogP contribution in [0.4, 0.5) is 14.5 Å². The number of nitrogens with one attached hydrogen (secondary N) is 1. The SMILES string of the molecule is CCC(C)NC(=O)C(CC)N(Cc1ccc(F)cc1)C(=O)CN(c1ccccc1F)S(=O)(=O)c1ccccc1. The molecule has 0 saturated carbocycles. The Balaban J connectivity index is 2.05. The van der Waals surface area contributed by atoms with Crippen LogP contribution in [0, 0.1) is 11.6 Å². The molecule has 0 fully saturated rings. The number of benzene rings is 3. The molecule has 2 atom stereocenters.